The van der Waals surface area contributed by atoms with Crippen LogP contribution in [0.3, 0.4) is 0 Å². The predicted octanol–water partition coefficient (Wildman–Crippen LogP) is 5.63. The lowest BCUT2D eigenvalue weighted by molar-refractivity contribution is 0.0876. The molecule has 6 heteroatoms. The maximum Gasteiger partial charge on any atom is 0.231 e. The molecular weight excluding hydrogens is 426 g/mol. The maximum absolute atomic E-state index is 13.1. The molecule has 5 nitrogen and oxygen atoms in total. The lowest BCUT2D eigenvalue weighted by Gasteiger charge is -2.30. The van der Waals surface area contributed by atoms with Crippen molar-refractivity contribution in [3.8, 4) is 17.2 Å². The Balaban J connectivity index is 1.40. The number of carbonyl (C=O) groups excluding carboxylic acids is 1. The molecule has 0 fully saturated rings. The van der Waals surface area contributed by atoms with Crippen LogP contribution in [0.2, 0.25) is 5.02 Å². The van der Waals surface area contributed by atoms with E-state index in [0.29, 0.717) is 29.6 Å². The molecule has 2 aliphatic heterocycles. The number of fused-ring (bicyclic) bond motifs is 2. The number of hydrogen-bond donors (Lipinski definition) is 0. The van der Waals surface area contributed by atoms with Crippen LogP contribution in [0.5, 0.6) is 17.2 Å². The summed E-state index contributed by atoms with van der Waals surface area (Å²) < 4.78 is 17.3. The SMILES string of the molecule is COc1ccc(CN2COc3c(cc4c(c3C)O/C(=C\c3ccccc3Cl)C4=O)C2)cc1. The van der Waals surface area contributed by atoms with Gasteiger partial charge in [0.05, 0.1) is 12.7 Å². The van der Waals surface area contributed by atoms with E-state index in [1.807, 2.05) is 55.5 Å². The van der Waals surface area contributed by atoms with Gasteiger partial charge in [0.1, 0.15) is 24.0 Å². The molecule has 0 saturated heterocycles. The van der Waals surface area contributed by atoms with Crippen LogP contribution in [-0.2, 0) is 13.1 Å². The molecule has 5 rings (SSSR count). The van der Waals surface area contributed by atoms with Gasteiger partial charge in [-0.1, -0.05) is 41.9 Å². The minimum Gasteiger partial charge on any atom is -0.497 e. The highest BCUT2D eigenvalue weighted by Crippen LogP contribution is 2.43. The largest absolute Gasteiger partial charge is 0.497 e. The van der Waals surface area contributed by atoms with Crippen LogP contribution in [0.1, 0.15) is 32.6 Å². The Morgan fingerprint density at radius 3 is 2.66 bits per heavy atom. The molecule has 0 spiro atoms. The van der Waals surface area contributed by atoms with Crippen molar-refractivity contribution < 1.29 is 19.0 Å². The molecular formula is C26H22ClNO4. The van der Waals surface area contributed by atoms with E-state index >= 15 is 0 Å². The Morgan fingerprint density at radius 1 is 1.12 bits per heavy atom. The molecule has 0 radical (unpaired) electrons. The first-order chi connectivity index (χ1) is 15.5. The van der Waals surface area contributed by atoms with Crippen LogP contribution in [0.25, 0.3) is 6.08 Å². The van der Waals surface area contributed by atoms with Crippen LogP contribution in [0.4, 0.5) is 0 Å². The minimum absolute atomic E-state index is 0.141. The van der Waals surface area contributed by atoms with Crippen molar-refractivity contribution in [1.29, 1.82) is 0 Å². The summed E-state index contributed by atoms with van der Waals surface area (Å²) in [6.45, 7) is 3.82. The third kappa shape index (κ3) is 3.74. The van der Waals surface area contributed by atoms with Crippen LogP contribution in [-0.4, -0.2) is 24.5 Å². The number of Topliss-reactive ketones (excluding diaryl/α,β-unsaturated/α-hetero) is 1. The lowest BCUT2D eigenvalue weighted by Crippen LogP contribution is -2.32. The molecule has 162 valence electrons. The second kappa shape index (κ2) is 8.34. The summed E-state index contributed by atoms with van der Waals surface area (Å²) in [7, 11) is 1.66. The summed E-state index contributed by atoms with van der Waals surface area (Å²) in [5.74, 6) is 2.32. The van der Waals surface area contributed by atoms with E-state index in [1.54, 1.807) is 19.3 Å². The highest BCUT2D eigenvalue weighted by Gasteiger charge is 2.33. The van der Waals surface area contributed by atoms with Crippen LogP contribution in [0, 0.1) is 6.92 Å². The fraction of sp³-hybridized carbons (Fsp3) is 0.192. The van der Waals surface area contributed by atoms with Crippen molar-refractivity contribution in [2.24, 2.45) is 0 Å². The number of ether oxygens (including phenoxy) is 3. The normalized spacial score (nSPS) is 16.3. The van der Waals surface area contributed by atoms with Gasteiger partial charge in [0, 0.05) is 29.2 Å². The van der Waals surface area contributed by atoms with Gasteiger partial charge in [0.2, 0.25) is 5.78 Å². The van der Waals surface area contributed by atoms with E-state index in [2.05, 4.69) is 4.90 Å². The van der Waals surface area contributed by atoms with Crippen molar-refractivity contribution >= 4 is 23.5 Å². The molecule has 0 N–H and O–H groups in total. The Labute approximate surface area is 191 Å². The zero-order chi connectivity index (χ0) is 22.2. The molecule has 0 atom stereocenters. The molecule has 3 aromatic rings. The van der Waals surface area contributed by atoms with Crippen molar-refractivity contribution in [1.82, 2.24) is 4.90 Å². The van der Waals surface area contributed by atoms with Gasteiger partial charge in [-0.05, 0) is 48.4 Å². The molecule has 2 aliphatic rings. The third-order valence-electron chi connectivity index (χ3n) is 5.76. The summed E-state index contributed by atoms with van der Waals surface area (Å²) in [6.07, 6.45) is 1.69. The van der Waals surface area contributed by atoms with Gasteiger partial charge < -0.3 is 14.2 Å². The zero-order valence-corrected chi connectivity index (χ0v) is 18.6. The average Bonchev–Trinajstić information content (AvgIpc) is 3.11. The third-order valence-corrected chi connectivity index (χ3v) is 6.10. The molecule has 0 saturated carbocycles. The lowest BCUT2D eigenvalue weighted by atomic mass is 10.00. The number of ketones is 1. The monoisotopic (exact) mass is 447 g/mol. The van der Waals surface area contributed by atoms with Crippen molar-refractivity contribution in [3.05, 3.63) is 93.2 Å². The standard InChI is InChI=1S/C26H22ClNO4/c1-16-25-19(14-28(15-31-25)13-17-7-9-20(30-2)10-8-17)11-21-24(29)23(32-26(16)21)12-18-5-3-4-6-22(18)27/h3-12H,13-15H2,1-2H3/b23-12-. The number of allylic oxidation sites excluding steroid dienone is 1. The van der Waals surface area contributed by atoms with Crippen molar-refractivity contribution in [3.63, 3.8) is 0 Å². The Hall–Kier alpha value is -3.28. The number of benzene rings is 3. The van der Waals surface area contributed by atoms with Crippen molar-refractivity contribution in [2.75, 3.05) is 13.8 Å². The fourth-order valence-corrected chi connectivity index (χ4v) is 4.31. The number of carbonyl (C=O) groups is 1. The van der Waals surface area contributed by atoms with Gasteiger partial charge in [0.15, 0.2) is 5.76 Å². The molecule has 2 heterocycles. The van der Waals surface area contributed by atoms with Gasteiger partial charge in [0.25, 0.3) is 0 Å². The van der Waals surface area contributed by atoms with E-state index in [-0.39, 0.29) is 11.5 Å². The molecule has 32 heavy (non-hydrogen) atoms. The highest BCUT2D eigenvalue weighted by atomic mass is 35.5. The van der Waals surface area contributed by atoms with Crippen LogP contribution >= 0.6 is 11.6 Å². The average molecular weight is 448 g/mol. The first-order valence-electron chi connectivity index (χ1n) is 10.4. The Morgan fingerprint density at radius 2 is 1.91 bits per heavy atom. The Bertz CT molecular complexity index is 1230. The summed E-state index contributed by atoms with van der Waals surface area (Å²) >= 11 is 6.25. The van der Waals surface area contributed by atoms with E-state index in [9.17, 15) is 4.79 Å². The molecule has 0 unspecified atom stereocenters. The quantitative estimate of drug-likeness (QED) is 0.485. The van der Waals surface area contributed by atoms with Gasteiger partial charge >= 0.3 is 0 Å². The summed E-state index contributed by atoms with van der Waals surface area (Å²) in [5, 5.41) is 0.570. The van der Waals surface area contributed by atoms with Gasteiger partial charge in [-0.15, -0.1) is 0 Å². The number of nitrogens with zero attached hydrogens (tertiary/aromatic N) is 1. The Kier molecular flexibility index (Phi) is 5.37. The molecule has 3 aromatic carbocycles. The minimum atomic E-state index is -0.141. The molecule has 0 aliphatic carbocycles. The molecule has 0 aromatic heterocycles. The fourth-order valence-electron chi connectivity index (χ4n) is 4.12. The second-order valence-electron chi connectivity index (χ2n) is 7.94. The molecule has 0 bridgehead atoms. The number of methoxy groups -OCH3 is 1. The maximum atomic E-state index is 13.1. The second-order valence-corrected chi connectivity index (χ2v) is 8.34. The smallest absolute Gasteiger partial charge is 0.231 e. The van der Waals surface area contributed by atoms with Crippen LogP contribution in [0.15, 0.2) is 60.4 Å². The van der Waals surface area contributed by atoms with Crippen molar-refractivity contribution in [2.45, 2.75) is 20.0 Å². The topological polar surface area (TPSA) is 48.0 Å². The first-order valence-corrected chi connectivity index (χ1v) is 10.7. The van der Waals surface area contributed by atoms with E-state index < -0.39 is 0 Å². The first kappa shape index (κ1) is 20.6. The number of hydrogen-bond acceptors (Lipinski definition) is 5. The zero-order valence-electron chi connectivity index (χ0n) is 17.9. The van der Waals surface area contributed by atoms with E-state index in [0.717, 1.165) is 34.7 Å². The highest BCUT2D eigenvalue weighted by molar-refractivity contribution is 6.32. The van der Waals surface area contributed by atoms with Crippen LogP contribution < -0.4 is 14.2 Å². The summed E-state index contributed by atoms with van der Waals surface area (Å²) in [4.78, 5) is 15.3. The predicted molar refractivity (Wildman–Crippen MR) is 123 cm³/mol. The number of rotatable bonds is 4. The van der Waals surface area contributed by atoms with Gasteiger partial charge in [-0.25, -0.2) is 0 Å². The van der Waals surface area contributed by atoms with E-state index in [1.165, 1.54) is 5.56 Å². The summed E-state index contributed by atoms with van der Waals surface area (Å²) in [6, 6.07) is 17.3. The molecule has 0 amide bonds. The summed E-state index contributed by atoms with van der Waals surface area (Å²) in [5.41, 5.74) is 4.30. The van der Waals surface area contributed by atoms with Gasteiger partial charge in [-0.2, -0.15) is 0 Å². The van der Waals surface area contributed by atoms with E-state index in [4.69, 9.17) is 25.8 Å². The number of halogens is 1. The van der Waals surface area contributed by atoms with Gasteiger partial charge in [-0.3, -0.25) is 9.69 Å².